The molecule has 15 nitrogen and oxygen atoms in total. The van der Waals surface area contributed by atoms with Crippen LogP contribution in [-0.4, -0.2) is 98.6 Å². The van der Waals surface area contributed by atoms with Crippen LogP contribution < -0.4 is 21.7 Å². The minimum Gasteiger partial charge on any atom is -0.508 e. The van der Waals surface area contributed by atoms with Gasteiger partial charge in [0.05, 0.1) is 12.2 Å². The van der Waals surface area contributed by atoms with Crippen molar-refractivity contribution in [3.05, 3.63) is 114 Å². The number of carbonyl (C=O) groups excluding carboxylic acids is 6. The summed E-state index contributed by atoms with van der Waals surface area (Å²) in [6, 6.07) is 17.4. The van der Waals surface area contributed by atoms with E-state index in [9.17, 15) is 34.2 Å². The van der Waals surface area contributed by atoms with Crippen molar-refractivity contribution >= 4 is 40.9 Å². The highest BCUT2D eigenvalue weighted by Gasteiger charge is 2.58. The molecule has 7 atom stereocenters. The maximum Gasteiger partial charge on any atom is 0.427 e. The van der Waals surface area contributed by atoms with Gasteiger partial charge in [0.2, 0.25) is 11.4 Å². The Hall–Kier alpha value is -6.16. The van der Waals surface area contributed by atoms with Crippen LogP contribution in [0.15, 0.2) is 97.3 Å². The Labute approximate surface area is 322 Å². The number of nitrogens with two attached hydrogens (primary N) is 1. The first-order valence-electron chi connectivity index (χ1n) is 18.1. The SMILES string of the molecule is CC1OCC(=O)C1(C)NC(=O)C(Cc1cccc(O)c1)NC(=O)[N+]1(C(Cc2cccc(O)c2)C(=O)NC2(C(N)=O)C(=O)COC2C)C=CC(c2ccccc2)=C1. The number of Topliss-reactive ketones (excluding diaryl/α,β-unsaturated/α-hetero) is 2. The van der Waals surface area contributed by atoms with Gasteiger partial charge in [0.1, 0.15) is 48.7 Å². The lowest BCUT2D eigenvalue weighted by atomic mass is 9.88. The van der Waals surface area contributed by atoms with Crippen molar-refractivity contribution in [2.75, 3.05) is 13.2 Å². The molecule has 3 aromatic carbocycles. The average Bonchev–Trinajstić information content (AvgIpc) is 3.82. The summed E-state index contributed by atoms with van der Waals surface area (Å²) in [4.78, 5) is 83.4. The number of hydrogen-bond acceptors (Lipinski definition) is 10. The zero-order chi connectivity index (χ0) is 40.4. The summed E-state index contributed by atoms with van der Waals surface area (Å²) in [5.41, 5.74) is 4.17. The highest BCUT2D eigenvalue weighted by molar-refractivity contribution is 6.15. The first-order valence-corrected chi connectivity index (χ1v) is 18.1. The number of quaternary nitrogens is 1. The molecule has 0 saturated carbocycles. The molecule has 292 valence electrons. The summed E-state index contributed by atoms with van der Waals surface area (Å²) in [5.74, 6) is -4.17. The second kappa shape index (κ2) is 15.5. The summed E-state index contributed by atoms with van der Waals surface area (Å²) in [7, 11) is 0. The lowest BCUT2D eigenvalue weighted by molar-refractivity contribution is -0.759. The molecule has 7 unspecified atom stereocenters. The number of urea groups is 1. The molecule has 0 radical (unpaired) electrons. The fraction of sp³-hybridized carbons (Fsp3) is 0.317. The van der Waals surface area contributed by atoms with Gasteiger partial charge >= 0.3 is 6.03 Å². The molecule has 5 amide bonds. The van der Waals surface area contributed by atoms with E-state index < -0.39 is 76.0 Å². The predicted molar refractivity (Wildman–Crippen MR) is 201 cm³/mol. The molecule has 3 aliphatic heterocycles. The fourth-order valence-electron chi connectivity index (χ4n) is 7.29. The Morgan fingerprint density at radius 1 is 0.821 bits per heavy atom. The Morgan fingerprint density at radius 3 is 1.98 bits per heavy atom. The van der Waals surface area contributed by atoms with Gasteiger partial charge in [0.15, 0.2) is 17.6 Å². The monoisotopic (exact) mass is 766 g/mol. The van der Waals surface area contributed by atoms with E-state index in [4.69, 9.17) is 15.2 Å². The molecule has 2 saturated heterocycles. The third-order valence-corrected chi connectivity index (χ3v) is 10.9. The first kappa shape index (κ1) is 39.5. The fourth-order valence-corrected chi connectivity index (χ4v) is 7.29. The zero-order valence-electron chi connectivity index (χ0n) is 31.1. The smallest absolute Gasteiger partial charge is 0.427 e. The summed E-state index contributed by atoms with van der Waals surface area (Å²) >= 11 is 0. The number of hydrogen-bond donors (Lipinski definition) is 6. The molecule has 0 spiro atoms. The Bertz CT molecular complexity index is 2140. The molecule has 56 heavy (non-hydrogen) atoms. The number of phenols is 2. The minimum absolute atomic E-state index is 0.0831. The largest absolute Gasteiger partial charge is 0.508 e. The zero-order valence-corrected chi connectivity index (χ0v) is 31.1. The van der Waals surface area contributed by atoms with Gasteiger partial charge in [-0.05, 0) is 61.7 Å². The van der Waals surface area contributed by atoms with Crippen LogP contribution in [-0.2, 0) is 46.3 Å². The van der Waals surface area contributed by atoms with E-state index in [0.29, 0.717) is 22.3 Å². The van der Waals surface area contributed by atoms with E-state index in [0.717, 1.165) is 0 Å². The molecule has 3 aliphatic rings. The molecule has 6 rings (SSSR count). The topological polar surface area (TPSA) is 223 Å². The van der Waals surface area contributed by atoms with Crippen molar-refractivity contribution in [1.29, 1.82) is 0 Å². The van der Waals surface area contributed by atoms with Crippen molar-refractivity contribution in [3.8, 4) is 11.5 Å². The van der Waals surface area contributed by atoms with Crippen LogP contribution >= 0.6 is 0 Å². The van der Waals surface area contributed by atoms with Gasteiger partial charge in [-0.2, -0.15) is 4.48 Å². The molecule has 2 fully saturated rings. The number of ketones is 2. The highest BCUT2D eigenvalue weighted by Crippen LogP contribution is 2.35. The highest BCUT2D eigenvalue weighted by atomic mass is 16.5. The Morgan fingerprint density at radius 2 is 1.43 bits per heavy atom. The average molecular weight is 767 g/mol. The molecular weight excluding hydrogens is 722 g/mol. The van der Waals surface area contributed by atoms with E-state index in [1.54, 1.807) is 61.5 Å². The van der Waals surface area contributed by atoms with Gasteiger partial charge in [-0.15, -0.1) is 0 Å². The first-order chi connectivity index (χ1) is 26.6. The number of primary amides is 1. The maximum atomic E-state index is 15.2. The van der Waals surface area contributed by atoms with Crippen molar-refractivity contribution in [1.82, 2.24) is 16.0 Å². The van der Waals surface area contributed by atoms with Gasteiger partial charge in [-0.1, -0.05) is 54.6 Å². The molecule has 7 N–H and O–H groups in total. The molecular formula is C41H44N5O10+. The molecule has 15 heteroatoms. The van der Waals surface area contributed by atoms with Crippen LogP contribution in [0.25, 0.3) is 5.57 Å². The number of amides is 5. The predicted octanol–water partition coefficient (Wildman–Crippen LogP) is 1.91. The van der Waals surface area contributed by atoms with Gasteiger partial charge in [0.25, 0.3) is 11.8 Å². The molecule has 0 aromatic heterocycles. The second-order valence-electron chi connectivity index (χ2n) is 14.5. The number of nitrogens with one attached hydrogen (secondary N) is 3. The van der Waals surface area contributed by atoms with Crippen molar-refractivity contribution in [3.63, 3.8) is 0 Å². The number of phenolic OH excluding ortho intramolecular Hbond substituents is 2. The summed E-state index contributed by atoms with van der Waals surface area (Å²) in [6.45, 7) is 3.89. The number of ether oxygens (including phenoxy) is 2. The Balaban J connectivity index is 1.47. The van der Waals surface area contributed by atoms with Gasteiger partial charge in [-0.3, -0.25) is 29.3 Å². The lowest BCUT2D eigenvalue weighted by Crippen LogP contribution is -2.71. The van der Waals surface area contributed by atoms with E-state index in [1.807, 2.05) is 6.07 Å². The molecule has 3 heterocycles. The van der Waals surface area contributed by atoms with Gasteiger partial charge < -0.3 is 36.1 Å². The quantitative estimate of drug-likeness (QED) is 0.116. The third-order valence-electron chi connectivity index (χ3n) is 10.9. The van der Waals surface area contributed by atoms with E-state index in [1.165, 1.54) is 50.5 Å². The van der Waals surface area contributed by atoms with Crippen LogP contribution in [0.4, 0.5) is 4.79 Å². The van der Waals surface area contributed by atoms with Crippen LogP contribution in [0.5, 0.6) is 11.5 Å². The minimum atomic E-state index is -2.26. The number of rotatable bonds is 12. The third kappa shape index (κ3) is 7.43. The number of allylic oxidation sites excluding steroid dienone is 2. The van der Waals surface area contributed by atoms with E-state index in [-0.39, 0.29) is 36.7 Å². The second-order valence-corrected chi connectivity index (χ2v) is 14.5. The normalized spacial score (nSPS) is 26.7. The van der Waals surface area contributed by atoms with Crippen molar-refractivity contribution < 1.29 is 52.9 Å². The number of carbonyl (C=O) groups is 6. The summed E-state index contributed by atoms with van der Waals surface area (Å²) in [5, 5.41) is 28.8. The number of benzene rings is 3. The van der Waals surface area contributed by atoms with Gasteiger partial charge in [0, 0.05) is 24.5 Å². The van der Waals surface area contributed by atoms with Crippen LogP contribution in [0.1, 0.15) is 37.5 Å². The molecule has 0 bridgehead atoms. The van der Waals surface area contributed by atoms with E-state index >= 15 is 4.79 Å². The molecule has 3 aromatic rings. The number of nitrogens with zero attached hydrogens (tertiary/aromatic N) is 1. The standard InChI is InChI=1S/C41H43N5O10/c1-24-40(3,34(49)22-55-24)44-36(51)32(19-26-9-7-13-30(47)17-26)43-39(54)46(16-15-29(21-46)28-11-5-4-6-12-28)33(20-27-10-8-14-31(48)18-27)37(52)45-41(38(42)53)25(2)56-23-35(41)50/h4-18,21,24-25,32-33H,19-20,22-23H2,1-3H3,(H6-,42,43,44,45,47,48,51,52,53,54)/p+1. The molecule has 0 aliphatic carbocycles. The van der Waals surface area contributed by atoms with Crippen molar-refractivity contribution in [2.24, 2.45) is 5.73 Å². The van der Waals surface area contributed by atoms with Crippen LogP contribution in [0.2, 0.25) is 0 Å². The maximum absolute atomic E-state index is 15.2. The van der Waals surface area contributed by atoms with Crippen LogP contribution in [0.3, 0.4) is 0 Å². The Kier molecular flexibility index (Phi) is 11.0. The van der Waals surface area contributed by atoms with Crippen LogP contribution in [0, 0.1) is 0 Å². The van der Waals surface area contributed by atoms with E-state index in [2.05, 4.69) is 16.0 Å². The summed E-state index contributed by atoms with van der Waals surface area (Å²) < 4.78 is 10.0. The van der Waals surface area contributed by atoms with Crippen molar-refractivity contribution in [2.45, 2.75) is 69.0 Å². The van der Waals surface area contributed by atoms with Gasteiger partial charge in [-0.25, -0.2) is 4.79 Å². The lowest BCUT2D eigenvalue weighted by Gasteiger charge is -2.37. The summed E-state index contributed by atoms with van der Waals surface area (Å²) in [6.07, 6.45) is 2.39. The number of aromatic hydroxyl groups is 2.